The monoisotopic (exact) mass is 368 g/mol. The Hall–Kier alpha value is -2.49. The number of hydrogen-bond acceptors (Lipinski definition) is 2. The van der Waals surface area contributed by atoms with E-state index in [0.29, 0.717) is 25.0 Å². The van der Waals surface area contributed by atoms with Gasteiger partial charge in [-0.2, -0.15) is 0 Å². The number of urea groups is 1. The van der Waals surface area contributed by atoms with Crippen LogP contribution in [0, 0.1) is 0 Å². The molecule has 0 saturated heterocycles. The number of anilines is 1. The minimum Gasteiger partial charge on any atom is -0.494 e. The quantitative estimate of drug-likeness (QED) is 0.628. The van der Waals surface area contributed by atoms with E-state index in [4.69, 9.17) is 4.74 Å². The second-order valence-electron chi connectivity index (χ2n) is 7.29. The van der Waals surface area contributed by atoms with Crippen LogP contribution in [0.5, 0.6) is 5.75 Å². The van der Waals surface area contributed by atoms with E-state index in [0.717, 1.165) is 34.5 Å². The fraction of sp³-hybridized carbons (Fsp3) is 0.435. The summed E-state index contributed by atoms with van der Waals surface area (Å²) < 4.78 is 5.65. The standard InChI is InChI=1S/C23H32N2O2/c1-6-27-21-13-8-7-10-18(21)14-15-24-23(26)25-22-19(16(2)3)11-9-12-20(22)17(4)5/h7-13,16-17H,6,14-15H2,1-5H3,(H2,24,25,26). The molecule has 0 aromatic heterocycles. The van der Waals surface area contributed by atoms with Gasteiger partial charge < -0.3 is 15.4 Å². The normalized spacial score (nSPS) is 10.9. The lowest BCUT2D eigenvalue weighted by atomic mass is 9.93. The van der Waals surface area contributed by atoms with Crippen LogP contribution in [0.25, 0.3) is 0 Å². The zero-order chi connectivity index (χ0) is 19.8. The summed E-state index contributed by atoms with van der Waals surface area (Å²) in [5.41, 5.74) is 4.37. The maximum Gasteiger partial charge on any atom is 0.319 e. The van der Waals surface area contributed by atoms with Crippen LogP contribution in [0.1, 0.15) is 63.1 Å². The maximum absolute atomic E-state index is 12.5. The Morgan fingerprint density at radius 1 is 0.963 bits per heavy atom. The van der Waals surface area contributed by atoms with Crippen LogP contribution in [-0.2, 0) is 6.42 Å². The summed E-state index contributed by atoms with van der Waals surface area (Å²) in [7, 11) is 0. The molecule has 0 unspecified atom stereocenters. The molecule has 27 heavy (non-hydrogen) atoms. The number of benzene rings is 2. The highest BCUT2D eigenvalue weighted by Gasteiger charge is 2.15. The minimum absolute atomic E-state index is 0.168. The summed E-state index contributed by atoms with van der Waals surface area (Å²) in [4.78, 5) is 12.5. The minimum atomic E-state index is -0.168. The van der Waals surface area contributed by atoms with E-state index in [1.54, 1.807) is 0 Å². The van der Waals surface area contributed by atoms with Crippen molar-refractivity contribution in [2.45, 2.75) is 52.9 Å². The van der Waals surface area contributed by atoms with Gasteiger partial charge in [-0.15, -0.1) is 0 Å². The van der Waals surface area contributed by atoms with Gasteiger partial charge in [0, 0.05) is 12.2 Å². The molecule has 0 radical (unpaired) electrons. The van der Waals surface area contributed by atoms with Crippen molar-refractivity contribution < 1.29 is 9.53 Å². The van der Waals surface area contributed by atoms with Gasteiger partial charge in [0.25, 0.3) is 0 Å². The molecule has 0 aliphatic carbocycles. The summed E-state index contributed by atoms with van der Waals surface area (Å²) in [6, 6.07) is 14.0. The molecular formula is C23H32N2O2. The maximum atomic E-state index is 12.5. The van der Waals surface area contributed by atoms with E-state index in [1.807, 2.05) is 31.2 Å². The third-order valence-corrected chi connectivity index (χ3v) is 4.56. The highest BCUT2D eigenvalue weighted by Crippen LogP contribution is 2.32. The molecule has 0 saturated carbocycles. The molecule has 0 fully saturated rings. The third-order valence-electron chi connectivity index (χ3n) is 4.56. The predicted octanol–water partition coefficient (Wildman–Crippen LogP) is 5.70. The number of ether oxygens (including phenoxy) is 1. The van der Waals surface area contributed by atoms with Crippen molar-refractivity contribution in [1.82, 2.24) is 5.32 Å². The van der Waals surface area contributed by atoms with Crippen LogP contribution >= 0.6 is 0 Å². The first-order valence-electron chi connectivity index (χ1n) is 9.82. The molecule has 0 spiro atoms. The highest BCUT2D eigenvalue weighted by atomic mass is 16.5. The third kappa shape index (κ3) is 5.75. The first-order chi connectivity index (χ1) is 12.9. The Labute approximate surface area is 163 Å². The molecule has 0 aliphatic rings. The Morgan fingerprint density at radius 2 is 1.59 bits per heavy atom. The van der Waals surface area contributed by atoms with Crippen molar-refractivity contribution in [2.24, 2.45) is 0 Å². The summed E-state index contributed by atoms with van der Waals surface area (Å²) in [5.74, 6) is 1.57. The number of amides is 2. The van der Waals surface area contributed by atoms with Gasteiger partial charge in [0.1, 0.15) is 5.75 Å². The number of carbonyl (C=O) groups is 1. The van der Waals surface area contributed by atoms with E-state index < -0.39 is 0 Å². The Kier molecular flexibility index (Phi) is 7.71. The molecule has 2 aromatic carbocycles. The Morgan fingerprint density at radius 3 is 2.19 bits per heavy atom. The lowest BCUT2D eigenvalue weighted by molar-refractivity contribution is 0.252. The van der Waals surface area contributed by atoms with Gasteiger partial charge in [-0.3, -0.25) is 0 Å². The number of para-hydroxylation sites is 2. The van der Waals surface area contributed by atoms with Crippen LogP contribution in [0.2, 0.25) is 0 Å². The predicted molar refractivity (Wildman–Crippen MR) is 113 cm³/mol. The zero-order valence-electron chi connectivity index (χ0n) is 17.1. The summed E-state index contributed by atoms with van der Waals surface area (Å²) in [5, 5.41) is 6.06. The average Bonchev–Trinajstić information content (AvgIpc) is 2.63. The number of hydrogen-bond donors (Lipinski definition) is 2. The summed E-state index contributed by atoms with van der Waals surface area (Å²) in [6.07, 6.45) is 0.729. The molecule has 2 rings (SSSR count). The van der Waals surface area contributed by atoms with Crippen LogP contribution in [-0.4, -0.2) is 19.2 Å². The van der Waals surface area contributed by atoms with Gasteiger partial charge in [0.2, 0.25) is 0 Å². The van der Waals surface area contributed by atoms with Crippen LogP contribution in [0.15, 0.2) is 42.5 Å². The van der Waals surface area contributed by atoms with Gasteiger partial charge in [-0.25, -0.2) is 4.79 Å². The van der Waals surface area contributed by atoms with E-state index in [1.165, 1.54) is 0 Å². The molecule has 4 heteroatoms. The number of rotatable bonds is 8. The van der Waals surface area contributed by atoms with E-state index in [-0.39, 0.29) is 6.03 Å². The van der Waals surface area contributed by atoms with Gasteiger partial charge in [-0.1, -0.05) is 64.1 Å². The van der Waals surface area contributed by atoms with Crippen LogP contribution < -0.4 is 15.4 Å². The fourth-order valence-corrected chi connectivity index (χ4v) is 3.17. The molecule has 2 N–H and O–H groups in total. The number of nitrogens with one attached hydrogen (secondary N) is 2. The van der Waals surface area contributed by atoms with Crippen molar-refractivity contribution in [1.29, 1.82) is 0 Å². The van der Waals surface area contributed by atoms with Crippen molar-refractivity contribution >= 4 is 11.7 Å². The first kappa shape index (κ1) is 20.8. The molecule has 2 amide bonds. The fourth-order valence-electron chi connectivity index (χ4n) is 3.17. The topological polar surface area (TPSA) is 50.4 Å². The molecule has 146 valence electrons. The molecular weight excluding hydrogens is 336 g/mol. The van der Waals surface area contributed by atoms with Crippen molar-refractivity contribution in [3.05, 3.63) is 59.2 Å². The second-order valence-corrected chi connectivity index (χ2v) is 7.29. The van der Waals surface area contributed by atoms with Crippen molar-refractivity contribution in [2.75, 3.05) is 18.5 Å². The van der Waals surface area contributed by atoms with Crippen molar-refractivity contribution in [3.63, 3.8) is 0 Å². The SMILES string of the molecule is CCOc1ccccc1CCNC(=O)Nc1c(C(C)C)cccc1C(C)C. The summed E-state index contributed by atoms with van der Waals surface area (Å²) >= 11 is 0. The van der Waals surface area contributed by atoms with E-state index in [9.17, 15) is 4.79 Å². The first-order valence-corrected chi connectivity index (χ1v) is 9.82. The molecule has 0 bridgehead atoms. The van der Waals surface area contributed by atoms with Crippen LogP contribution in [0.3, 0.4) is 0 Å². The van der Waals surface area contributed by atoms with Gasteiger partial charge in [0.15, 0.2) is 0 Å². The van der Waals surface area contributed by atoms with Crippen LogP contribution in [0.4, 0.5) is 10.5 Å². The van der Waals surface area contributed by atoms with Gasteiger partial charge >= 0.3 is 6.03 Å². The smallest absolute Gasteiger partial charge is 0.319 e. The van der Waals surface area contributed by atoms with E-state index >= 15 is 0 Å². The van der Waals surface area contributed by atoms with Gasteiger partial charge in [-0.05, 0) is 47.9 Å². The van der Waals surface area contributed by atoms with E-state index in [2.05, 4.69) is 56.5 Å². The van der Waals surface area contributed by atoms with Crippen molar-refractivity contribution in [3.8, 4) is 5.75 Å². The summed E-state index contributed by atoms with van der Waals surface area (Å²) in [6.45, 7) is 11.7. The molecule has 0 aliphatic heterocycles. The zero-order valence-corrected chi connectivity index (χ0v) is 17.1. The highest BCUT2D eigenvalue weighted by molar-refractivity contribution is 5.91. The lowest BCUT2D eigenvalue weighted by Gasteiger charge is -2.20. The molecule has 0 atom stereocenters. The molecule has 0 heterocycles. The van der Waals surface area contributed by atoms with Gasteiger partial charge in [0.05, 0.1) is 6.61 Å². The Balaban J connectivity index is 2.03. The molecule has 4 nitrogen and oxygen atoms in total. The Bertz CT molecular complexity index is 728. The number of carbonyl (C=O) groups excluding carboxylic acids is 1. The molecule has 2 aromatic rings. The second kappa shape index (κ2) is 10.0. The largest absolute Gasteiger partial charge is 0.494 e. The average molecular weight is 369 g/mol. The lowest BCUT2D eigenvalue weighted by Crippen LogP contribution is -2.31.